The molecule has 0 spiro atoms. The molecule has 0 unspecified atom stereocenters. The van der Waals surface area contributed by atoms with E-state index in [1.165, 1.54) is 0 Å². The molecular weight excluding hydrogens is 428 g/mol. The van der Waals surface area contributed by atoms with Crippen LogP contribution in [-0.4, -0.2) is 76.3 Å². The van der Waals surface area contributed by atoms with Gasteiger partial charge in [0, 0.05) is 48.4 Å². The molecule has 2 aliphatic rings. The van der Waals surface area contributed by atoms with E-state index in [1.54, 1.807) is 16.0 Å². The highest BCUT2D eigenvalue weighted by atomic mass is 79.9. The van der Waals surface area contributed by atoms with Gasteiger partial charge in [-0.3, -0.25) is 4.79 Å². The first-order valence-corrected chi connectivity index (χ1v) is 10.3. The minimum absolute atomic E-state index is 0.00284. The number of anilines is 1. The summed E-state index contributed by atoms with van der Waals surface area (Å²) in [5.74, 6) is 0.399. The van der Waals surface area contributed by atoms with Crippen LogP contribution in [0.25, 0.3) is 0 Å². The van der Waals surface area contributed by atoms with Gasteiger partial charge in [0.15, 0.2) is 6.61 Å². The third-order valence-corrected chi connectivity index (χ3v) is 5.65. The fraction of sp³-hybridized carbons (Fsp3) is 0.632. The van der Waals surface area contributed by atoms with E-state index in [-0.39, 0.29) is 18.6 Å². The van der Waals surface area contributed by atoms with Crippen LogP contribution in [0.5, 0.6) is 5.88 Å². The normalized spacial score (nSPS) is 18.6. The van der Waals surface area contributed by atoms with Crippen LogP contribution in [0, 0.1) is 0 Å². The van der Waals surface area contributed by atoms with E-state index < -0.39 is 11.6 Å². The molecular formula is C19H27BrN4O4. The zero-order chi connectivity index (χ0) is 20.5. The number of hydrogen-bond donors (Lipinski definition) is 1. The van der Waals surface area contributed by atoms with Crippen LogP contribution in [0.15, 0.2) is 16.7 Å². The van der Waals surface area contributed by atoms with Crippen LogP contribution in [0.4, 0.5) is 10.5 Å². The van der Waals surface area contributed by atoms with Crippen LogP contribution in [0.3, 0.4) is 0 Å². The van der Waals surface area contributed by atoms with Crippen molar-refractivity contribution in [3.63, 3.8) is 0 Å². The quantitative estimate of drug-likeness (QED) is 0.752. The summed E-state index contributed by atoms with van der Waals surface area (Å²) in [7, 11) is 0. The first kappa shape index (κ1) is 20.9. The van der Waals surface area contributed by atoms with E-state index >= 15 is 0 Å². The number of carboxylic acid groups (broad SMARTS) is 1. The minimum atomic E-state index is -0.862. The molecule has 3 rings (SSSR count). The van der Waals surface area contributed by atoms with Gasteiger partial charge in [-0.25, -0.2) is 9.78 Å². The van der Waals surface area contributed by atoms with Gasteiger partial charge >= 0.3 is 6.09 Å². The summed E-state index contributed by atoms with van der Waals surface area (Å²) < 4.78 is 6.21. The zero-order valence-corrected chi connectivity index (χ0v) is 18.1. The van der Waals surface area contributed by atoms with Crippen molar-refractivity contribution in [1.29, 1.82) is 0 Å². The van der Waals surface area contributed by atoms with Crippen molar-refractivity contribution in [1.82, 2.24) is 14.8 Å². The van der Waals surface area contributed by atoms with E-state index in [2.05, 4.69) is 25.8 Å². The fourth-order valence-electron chi connectivity index (χ4n) is 3.94. The molecule has 9 heteroatoms. The van der Waals surface area contributed by atoms with E-state index in [4.69, 9.17) is 4.74 Å². The highest BCUT2D eigenvalue weighted by Crippen LogP contribution is 2.32. The Morgan fingerprint density at radius 1 is 1.36 bits per heavy atom. The van der Waals surface area contributed by atoms with Crippen molar-refractivity contribution in [2.45, 2.75) is 45.2 Å². The van der Waals surface area contributed by atoms with Crippen LogP contribution in [0.1, 0.15) is 33.6 Å². The maximum absolute atomic E-state index is 12.3. The second kappa shape index (κ2) is 8.24. The first-order valence-electron chi connectivity index (χ1n) is 9.50. The Morgan fingerprint density at radius 3 is 2.64 bits per heavy atom. The van der Waals surface area contributed by atoms with Crippen molar-refractivity contribution in [2.75, 3.05) is 37.7 Å². The maximum Gasteiger partial charge on any atom is 0.407 e. The average Bonchev–Trinajstić information content (AvgIpc) is 2.60. The number of rotatable bonds is 4. The number of hydrogen-bond acceptors (Lipinski definition) is 5. The van der Waals surface area contributed by atoms with Crippen LogP contribution < -0.4 is 9.64 Å². The summed E-state index contributed by atoms with van der Waals surface area (Å²) in [6.45, 7) is 8.71. The van der Waals surface area contributed by atoms with Crippen molar-refractivity contribution in [3.8, 4) is 5.88 Å². The van der Waals surface area contributed by atoms with Gasteiger partial charge in [-0.15, -0.1) is 0 Å². The van der Waals surface area contributed by atoms with Gasteiger partial charge in [0.25, 0.3) is 5.91 Å². The number of fused-ring (bicyclic) bond motifs is 1. The smallest absolute Gasteiger partial charge is 0.407 e. The third kappa shape index (κ3) is 4.57. The highest BCUT2D eigenvalue weighted by molar-refractivity contribution is 9.10. The summed E-state index contributed by atoms with van der Waals surface area (Å²) in [4.78, 5) is 33.8. The number of likely N-dealkylation sites (tertiary alicyclic amines) is 1. The number of pyridine rings is 1. The Hall–Kier alpha value is -1.87. The van der Waals surface area contributed by atoms with E-state index in [0.29, 0.717) is 18.1 Å². The standard InChI is InChI=1S/C19H27BrN4O4/c1-19(2,3)24(18(26)27)14-4-6-22(7-5-14)8-9-23-15-10-13(20)11-21-17(15)28-12-16(23)25/h10-11,14H,4-9,12H2,1-3H3,(H,26,27). The summed E-state index contributed by atoms with van der Waals surface area (Å²) >= 11 is 3.39. The summed E-state index contributed by atoms with van der Waals surface area (Å²) in [6.07, 6.45) is 2.38. The predicted octanol–water partition coefficient (Wildman–Crippen LogP) is 2.81. The number of carbonyl (C=O) groups excluding carboxylic acids is 1. The van der Waals surface area contributed by atoms with Crippen molar-refractivity contribution < 1.29 is 19.4 Å². The molecule has 1 aromatic heterocycles. The van der Waals surface area contributed by atoms with Gasteiger partial charge in [0.05, 0.1) is 0 Å². The molecule has 1 N–H and O–H groups in total. The van der Waals surface area contributed by atoms with Crippen LogP contribution >= 0.6 is 15.9 Å². The van der Waals surface area contributed by atoms with Crippen molar-refractivity contribution >= 4 is 33.6 Å². The summed E-state index contributed by atoms with van der Waals surface area (Å²) in [5.41, 5.74) is 0.272. The lowest BCUT2D eigenvalue weighted by atomic mass is 9.97. The number of piperidine rings is 1. The number of ether oxygens (including phenoxy) is 1. The second-order valence-electron chi connectivity index (χ2n) is 8.21. The lowest BCUT2D eigenvalue weighted by Gasteiger charge is -2.43. The van der Waals surface area contributed by atoms with E-state index in [9.17, 15) is 14.7 Å². The van der Waals surface area contributed by atoms with Crippen molar-refractivity contribution in [2.24, 2.45) is 0 Å². The molecule has 0 saturated carbocycles. The van der Waals surface area contributed by atoms with Gasteiger partial charge in [-0.1, -0.05) is 0 Å². The lowest BCUT2D eigenvalue weighted by Crippen LogP contribution is -2.55. The highest BCUT2D eigenvalue weighted by Gasteiger charge is 2.35. The number of aromatic nitrogens is 1. The lowest BCUT2D eigenvalue weighted by molar-refractivity contribution is -0.121. The van der Waals surface area contributed by atoms with Gasteiger partial charge in [-0.2, -0.15) is 0 Å². The number of amides is 2. The second-order valence-corrected chi connectivity index (χ2v) is 9.12. The predicted molar refractivity (Wildman–Crippen MR) is 109 cm³/mol. The van der Waals surface area contributed by atoms with Gasteiger partial charge < -0.3 is 24.5 Å². The average molecular weight is 455 g/mol. The fourth-order valence-corrected chi connectivity index (χ4v) is 4.26. The Kier molecular flexibility index (Phi) is 6.14. The molecule has 28 heavy (non-hydrogen) atoms. The largest absolute Gasteiger partial charge is 0.466 e. The molecule has 2 aliphatic heterocycles. The molecule has 0 atom stereocenters. The molecule has 3 heterocycles. The third-order valence-electron chi connectivity index (χ3n) is 5.21. The Morgan fingerprint density at radius 2 is 2.04 bits per heavy atom. The Bertz CT molecular complexity index is 744. The number of nitrogens with zero attached hydrogens (tertiary/aromatic N) is 4. The molecule has 1 saturated heterocycles. The molecule has 154 valence electrons. The first-order chi connectivity index (χ1) is 13.2. The van der Waals surface area contributed by atoms with Crippen LogP contribution in [-0.2, 0) is 4.79 Å². The van der Waals surface area contributed by atoms with Gasteiger partial charge in [0.2, 0.25) is 5.88 Å². The number of carbonyl (C=O) groups is 2. The molecule has 0 bridgehead atoms. The molecule has 8 nitrogen and oxygen atoms in total. The van der Waals surface area contributed by atoms with E-state index in [0.717, 1.165) is 36.9 Å². The van der Waals surface area contributed by atoms with E-state index in [1.807, 2.05) is 26.8 Å². The van der Waals surface area contributed by atoms with Gasteiger partial charge in [0.1, 0.15) is 5.69 Å². The maximum atomic E-state index is 12.3. The molecule has 1 fully saturated rings. The summed E-state index contributed by atoms with van der Waals surface area (Å²) in [5, 5.41) is 9.59. The molecule has 2 amide bonds. The van der Waals surface area contributed by atoms with Gasteiger partial charge in [-0.05, 0) is 55.6 Å². The molecule has 0 aliphatic carbocycles. The molecule has 0 radical (unpaired) electrons. The minimum Gasteiger partial charge on any atom is -0.466 e. The Labute approximate surface area is 173 Å². The zero-order valence-electron chi connectivity index (χ0n) is 16.5. The Balaban J connectivity index is 1.58. The monoisotopic (exact) mass is 454 g/mol. The molecule has 1 aromatic rings. The summed E-state index contributed by atoms with van der Waals surface area (Å²) in [6, 6.07) is 1.87. The van der Waals surface area contributed by atoms with Crippen molar-refractivity contribution in [3.05, 3.63) is 16.7 Å². The topological polar surface area (TPSA) is 86.2 Å². The van der Waals surface area contributed by atoms with Crippen LogP contribution in [0.2, 0.25) is 0 Å². The SMILES string of the molecule is CC(C)(C)N(C(=O)O)C1CCN(CCN2C(=O)COc3ncc(Br)cc32)CC1. The number of halogens is 1. The molecule has 0 aromatic carbocycles.